The van der Waals surface area contributed by atoms with Crippen molar-refractivity contribution in [2.24, 2.45) is 0 Å². The van der Waals surface area contributed by atoms with Crippen molar-refractivity contribution >= 4 is 10.8 Å². The molecule has 0 fully saturated rings. The predicted octanol–water partition coefficient (Wildman–Crippen LogP) is 3.14. The molecule has 19 heavy (non-hydrogen) atoms. The lowest BCUT2D eigenvalue weighted by Crippen LogP contribution is -2.00. The SMILES string of the molecule is N#Cc1ccc(F)c(CS(=O)c2ccc(F)cc2)c1. The molecule has 0 amide bonds. The second kappa shape index (κ2) is 5.72. The normalized spacial score (nSPS) is 11.8. The van der Waals surface area contributed by atoms with Crippen LogP contribution in [0.25, 0.3) is 0 Å². The summed E-state index contributed by atoms with van der Waals surface area (Å²) in [6, 6.07) is 11.0. The number of nitriles is 1. The zero-order chi connectivity index (χ0) is 13.8. The zero-order valence-electron chi connectivity index (χ0n) is 9.77. The van der Waals surface area contributed by atoms with E-state index < -0.39 is 22.4 Å². The molecule has 1 atom stereocenters. The predicted molar refractivity (Wildman–Crippen MR) is 67.6 cm³/mol. The topological polar surface area (TPSA) is 40.9 Å². The van der Waals surface area contributed by atoms with Crippen LogP contribution in [-0.4, -0.2) is 4.21 Å². The minimum absolute atomic E-state index is 0.0486. The summed E-state index contributed by atoms with van der Waals surface area (Å²) in [6.45, 7) is 0. The van der Waals surface area contributed by atoms with Gasteiger partial charge in [0.05, 0.1) is 28.2 Å². The number of benzene rings is 2. The van der Waals surface area contributed by atoms with Gasteiger partial charge in [-0.25, -0.2) is 8.78 Å². The third-order valence-corrected chi connectivity index (χ3v) is 3.91. The van der Waals surface area contributed by atoms with Crippen LogP contribution in [0, 0.1) is 23.0 Å². The standard InChI is InChI=1S/C14H9F2NOS/c15-12-2-4-13(5-3-12)19(18)9-11-7-10(8-17)1-6-14(11)16/h1-7H,9H2. The Hall–Kier alpha value is -2.06. The largest absolute Gasteiger partial charge is 0.254 e. The van der Waals surface area contributed by atoms with E-state index in [1.54, 1.807) is 0 Å². The van der Waals surface area contributed by atoms with E-state index in [0.29, 0.717) is 10.5 Å². The van der Waals surface area contributed by atoms with Gasteiger partial charge in [-0.15, -0.1) is 0 Å². The molecule has 0 aliphatic rings. The van der Waals surface area contributed by atoms with Gasteiger partial charge in [-0.05, 0) is 42.5 Å². The summed E-state index contributed by atoms with van der Waals surface area (Å²) in [7, 11) is -1.48. The van der Waals surface area contributed by atoms with Crippen LogP contribution in [0.5, 0.6) is 0 Å². The minimum Gasteiger partial charge on any atom is -0.254 e. The molecule has 2 nitrogen and oxygen atoms in total. The number of hydrogen-bond donors (Lipinski definition) is 0. The minimum atomic E-state index is -1.48. The highest BCUT2D eigenvalue weighted by Crippen LogP contribution is 2.16. The van der Waals surface area contributed by atoms with E-state index in [4.69, 9.17) is 5.26 Å². The molecule has 0 bridgehead atoms. The Kier molecular flexibility index (Phi) is 4.03. The average molecular weight is 277 g/mol. The molecule has 0 saturated carbocycles. The fourth-order valence-electron chi connectivity index (χ4n) is 1.57. The van der Waals surface area contributed by atoms with Gasteiger partial charge in [-0.3, -0.25) is 4.21 Å². The molecule has 5 heteroatoms. The highest BCUT2D eigenvalue weighted by atomic mass is 32.2. The lowest BCUT2D eigenvalue weighted by atomic mass is 10.1. The Balaban J connectivity index is 2.24. The van der Waals surface area contributed by atoms with Gasteiger partial charge in [0, 0.05) is 10.5 Å². The average Bonchev–Trinajstić information content (AvgIpc) is 2.42. The Morgan fingerprint density at radius 1 is 1.11 bits per heavy atom. The van der Waals surface area contributed by atoms with Crippen LogP contribution in [0.3, 0.4) is 0 Å². The molecular weight excluding hydrogens is 268 g/mol. The van der Waals surface area contributed by atoms with Gasteiger partial charge in [0.25, 0.3) is 0 Å². The quantitative estimate of drug-likeness (QED) is 0.864. The zero-order valence-corrected chi connectivity index (χ0v) is 10.6. The first-order chi connectivity index (χ1) is 9.10. The van der Waals surface area contributed by atoms with E-state index in [-0.39, 0.29) is 11.3 Å². The second-order valence-corrected chi connectivity index (χ2v) is 5.31. The molecule has 0 aliphatic carbocycles. The van der Waals surface area contributed by atoms with E-state index in [9.17, 15) is 13.0 Å². The highest BCUT2D eigenvalue weighted by molar-refractivity contribution is 7.84. The summed E-state index contributed by atoms with van der Waals surface area (Å²) < 4.78 is 38.3. The van der Waals surface area contributed by atoms with Crippen molar-refractivity contribution < 1.29 is 13.0 Å². The molecule has 0 aliphatic heterocycles. The van der Waals surface area contributed by atoms with Crippen LogP contribution in [-0.2, 0) is 16.6 Å². The molecule has 2 rings (SSSR count). The van der Waals surface area contributed by atoms with Gasteiger partial charge < -0.3 is 0 Å². The van der Waals surface area contributed by atoms with Crippen molar-refractivity contribution in [1.29, 1.82) is 5.26 Å². The van der Waals surface area contributed by atoms with Gasteiger partial charge >= 0.3 is 0 Å². The van der Waals surface area contributed by atoms with Gasteiger partial charge in [-0.1, -0.05) is 0 Å². The van der Waals surface area contributed by atoms with Crippen molar-refractivity contribution in [2.75, 3.05) is 0 Å². The molecule has 0 N–H and O–H groups in total. The Morgan fingerprint density at radius 2 is 1.79 bits per heavy atom. The van der Waals surface area contributed by atoms with Crippen LogP contribution < -0.4 is 0 Å². The maximum atomic E-state index is 13.5. The molecule has 0 radical (unpaired) electrons. The number of hydrogen-bond acceptors (Lipinski definition) is 2. The lowest BCUT2D eigenvalue weighted by molar-refractivity contribution is 0.614. The van der Waals surface area contributed by atoms with E-state index in [0.717, 1.165) is 0 Å². The number of nitrogens with zero attached hydrogens (tertiary/aromatic N) is 1. The van der Waals surface area contributed by atoms with Crippen molar-refractivity contribution in [2.45, 2.75) is 10.6 Å². The van der Waals surface area contributed by atoms with Crippen molar-refractivity contribution in [1.82, 2.24) is 0 Å². The summed E-state index contributed by atoms with van der Waals surface area (Å²) in [5.74, 6) is -0.972. The third kappa shape index (κ3) is 3.24. The summed E-state index contributed by atoms with van der Waals surface area (Å²) in [6.07, 6.45) is 0. The molecule has 0 heterocycles. The van der Waals surface area contributed by atoms with Crippen molar-refractivity contribution in [3.63, 3.8) is 0 Å². The molecule has 0 saturated heterocycles. The lowest BCUT2D eigenvalue weighted by Gasteiger charge is -2.04. The van der Waals surface area contributed by atoms with E-state index in [1.165, 1.54) is 42.5 Å². The fraction of sp³-hybridized carbons (Fsp3) is 0.0714. The van der Waals surface area contributed by atoms with E-state index in [1.807, 2.05) is 6.07 Å². The maximum Gasteiger partial charge on any atom is 0.127 e. The van der Waals surface area contributed by atoms with Gasteiger partial charge in [0.2, 0.25) is 0 Å². The first kappa shape index (κ1) is 13.4. The van der Waals surface area contributed by atoms with Gasteiger partial charge in [-0.2, -0.15) is 5.26 Å². The molecule has 2 aromatic rings. The fourth-order valence-corrected chi connectivity index (χ4v) is 2.68. The smallest absolute Gasteiger partial charge is 0.127 e. The summed E-state index contributed by atoms with van der Waals surface area (Å²) >= 11 is 0. The van der Waals surface area contributed by atoms with Crippen LogP contribution in [0.4, 0.5) is 8.78 Å². The molecule has 1 unspecified atom stereocenters. The van der Waals surface area contributed by atoms with Crippen molar-refractivity contribution in [3.05, 3.63) is 65.2 Å². The maximum absolute atomic E-state index is 13.5. The number of rotatable bonds is 3. The van der Waals surface area contributed by atoms with Crippen LogP contribution in [0.15, 0.2) is 47.4 Å². The van der Waals surface area contributed by atoms with Gasteiger partial charge in [0.1, 0.15) is 11.6 Å². The molecule has 0 spiro atoms. The molecule has 2 aromatic carbocycles. The van der Waals surface area contributed by atoms with Crippen LogP contribution in [0.1, 0.15) is 11.1 Å². The Bertz CT molecular complexity index is 662. The summed E-state index contributed by atoms with van der Waals surface area (Å²) in [4.78, 5) is 0.420. The van der Waals surface area contributed by atoms with Crippen LogP contribution >= 0.6 is 0 Å². The Labute approximate surface area is 111 Å². The van der Waals surface area contributed by atoms with E-state index in [2.05, 4.69) is 0 Å². The molecular formula is C14H9F2NOS. The first-order valence-corrected chi connectivity index (χ1v) is 6.74. The van der Waals surface area contributed by atoms with Crippen LogP contribution in [0.2, 0.25) is 0 Å². The highest BCUT2D eigenvalue weighted by Gasteiger charge is 2.10. The summed E-state index contributed by atoms with van der Waals surface area (Å²) in [5, 5.41) is 8.74. The summed E-state index contributed by atoms with van der Waals surface area (Å²) in [5.41, 5.74) is 0.522. The molecule has 96 valence electrons. The first-order valence-electron chi connectivity index (χ1n) is 5.42. The molecule has 0 aromatic heterocycles. The van der Waals surface area contributed by atoms with E-state index >= 15 is 0 Å². The number of halogens is 2. The Morgan fingerprint density at radius 3 is 2.42 bits per heavy atom. The van der Waals surface area contributed by atoms with Crippen molar-refractivity contribution in [3.8, 4) is 6.07 Å². The van der Waals surface area contributed by atoms with Gasteiger partial charge in [0.15, 0.2) is 0 Å². The monoisotopic (exact) mass is 277 g/mol. The second-order valence-electron chi connectivity index (χ2n) is 3.86. The third-order valence-electron chi connectivity index (χ3n) is 2.54.